The van der Waals surface area contributed by atoms with E-state index in [-0.39, 0.29) is 5.56 Å². The van der Waals surface area contributed by atoms with Crippen LogP contribution in [0.15, 0.2) is 23.8 Å². The molecule has 0 radical (unpaired) electrons. The molecule has 1 aromatic carbocycles. The van der Waals surface area contributed by atoms with Gasteiger partial charge in [-0.25, -0.2) is 0 Å². The van der Waals surface area contributed by atoms with E-state index in [1.165, 1.54) is 0 Å². The van der Waals surface area contributed by atoms with Crippen LogP contribution in [0.1, 0.15) is 5.56 Å². The van der Waals surface area contributed by atoms with Crippen molar-refractivity contribution in [2.24, 2.45) is 0 Å². The monoisotopic (exact) mass is 453 g/mol. The summed E-state index contributed by atoms with van der Waals surface area (Å²) < 4.78 is 80.8. The van der Waals surface area contributed by atoms with Crippen LogP contribution >= 0.6 is 22.6 Å². The predicted molar refractivity (Wildman–Crippen MR) is 69.5 cm³/mol. The highest BCUT2D eigenvalue weighted by atomic mass is 127. The summed E-state index contributed by atoms with van der Waals surface area (Å²) in [6.45, 7) is 0. The van der Waals surface area contributed by atoms with Gasteiger partial charge in [0.2, 0.25) is 0 Å². The van der Waals surface area contributed by atoms with E-state index in [2.05, 4.69) is 9.47 Å². The summed E-state index contributed by atoms with van der Waals surface area (Å²) in [7, 11) is 0. The van der Waals surface area contributed by atoms with Gasteiger partial charge in [-0.05, 0) is 46.9 Å². The van der Waals surface area contributed by atoms with Crippen molar-refractivity contribution in [3.05, 3.63) is 29.3 Å². The average Bonchev–Trinajstić information content (AvgIpc) is 2.35. The molecule has 1 atom stereocenters. The molecule has 4 nitrogen and oxygen atoms in total. The molecule has 0 bridgehead atoms. The van der Waals surface area contributed by atoms with E-state index in [0.29, 0.717) is 12.1 Å². The molecule has 0 aromatic heterocycles. The van der Waals surface area contributed by atoms with Crippen LogP contribution in [0.3, 0.4) is 0 Å². The van der Waals surface area contributed by atoms with Gasteiger partial charge in [0.25, 0.3) is 3.61 Å². The molecule has 11 heteroatoms. The first-order chi connectivity index (χ1) is 10.3. The number of carbonyl (C=O) groups excluding carboxylic acids is 1. The number of hydrogen-bond donors (Lipinski definition) is 0. The molecular weight excluding hydrogens is 449 g/mol. The Labute approximate surface area is 137 Å². The number of carboxylic acids is 1. The van der Waals surface area contributed by atoms with E-state index in [9.17, 15) is 36.2 Å². The fraction of sp³-hybridized carbons (Fsp3) is 0.250. The summed E-state index contributed by atoms with van der Waals surface area (Å²) in [6, 6.07) is 2.27. The van der Waals surface area contributed by atoms with Crippen LogP contribution in [-0.4, -0.2) is 22.1 Å². The Hall–Kier alpha value is -1.66. The fourth-order valence-electron chi connectivity index (χ4n) is 1.78. The minimum Gasteiger partial charge on any atom is -0.545 e. The molecule has 1 aromatic rings. The summed E-state index contributed by atoms with van der Waals surface area (Å²) in [6.07, 6.45) is -9.57. The number of benzene rings is 1. The highest BCUT2D eigenvalue weighted by molar-refractivity contribution is 14.1. The lowest BCUT2D eigenvalue weighted by atomic mass is 10.0. The van der Waals surface area contributed by atoms with E-state index < -0.39 is 39.2 Å². The molecule has 0 fully saturated rings. The number of rotatable bonds is 2. The van der Waals surface area contributed by atoms with E-state index in [4.69, 9.17) is 0 Å². The average molecular weight is 453 g/mol. The van der Waals surface area contributed by atoms with Crippen molar-refractivity contribution >= 4 is 34.6 Å². The van der Waals surface area contributed by atoms with Gasteiger partial charge in [-0.3, -0.25) is 0 Å². The van der Waals surface area contributed by atoms with Gasteiger partial charge in [0.15, 0.2) is 0 Å². The number of fused-ring (bicyclic) bond motifs is 1. The molecule has 2 rings (SSSR count). The van der Waals surface area contributed by atoms with Gasteiger partial charge >= 0.3 is 12.5 Å². The molecule has 0 spiro atoms. The van der Waals surface area contributed by atoms with Crippen LogP contribution in [-0.2, 0) is 4.79 Å². The first-order valence-electron chi connectivity index (χ1n) is 5.61. The highest BCUT2D eigenvalue weighted by Crippen LogP contribution is 2.49. The SMILES string of the molecule is O=C([O-])C1=Cc2cc(OC(F)(F)F)ccc2OC1(I)C(F)(F)F. The van der Waals surface area contributed by atoms with Gasteiger partial charge < -0.3 is 19.4 Å². The first-order valence-corrected chi connectivity index (χ1v) is 6.69. The standard InChI is InChI=1S/C12H5F6IO4/c13-11(14,15)10(19)7(9(20)21)4-5-3-6(22-12(16,17)18)1-2-8(5)23-10/h1-4H,(H,20,21)/p-1. The van der Waals surface area contributed by atoms with Crippen molar-refractivity contribution < 1.29 is 45.7 Å². The molecule has 0 amide bonds. The maximum atomic E-state index is 13.1. The molecule has 126 valence electrons. The summed E-state index contributed by atoms with van der Waals surface area (Å²) in [5.74, 6) is -3.34. The van der Waals surface area contributed by atoms with Gasteiger partial charge in [-0.1, -0.05) is 0 Å². The summed E-state index contributed by atoms with van der Waals surface area (Å²) in [4.78, 5) is 11.0. The Morgan fingerprint density at radius 1 is 1.22 bits per heavy atom. The van der Waals surface area contributed by atoms with Crippen LogP contribution < -0.4 is 14.6 Å². The topological polar surface area (TPSA) is 58.6 Å². The number of halogens is 7. The first kappa shape index (κ1) is 17.7. The van der Waals surface area contributed by atoms with Gasteiger partial charge in [-0.15, -0.1) is 13.2 Å². The Bertz CT molecular complexity index is 681. The van der Waals surface area contributed by atoms with E-state index in [1.807, 2.05) is 0 Å². The quantitative estimate of drug-likeness (QED) is 0.393. The van der Waals surface area contributed by atoms with E-state index in [0.717, 1.165) is 34.7 Å². The zero-order chi connectivity index (χ0) is 17.6. The molecule has 1 heterocycles. The molecule has 1 aliphatic heterocycles. The smallest absolute Gasteiger partial charge is 0.545 e. The maximum Gasteiger partial charge on any atom is 0.573 e. The lowest BCUT2D eigenvalue weighted by Crippen LogP contribution is -2.52. The van der Waals surface area contributed by atoms with Crippen molar-refractivity contribution in [3.63, 3.8) is 0 Å². The second-order valence-corrected chi connectivity index (χ2v) is 5.81. The third kappa shape index (κ3) is 3.48. The molecule has 23 heavy (non-hydrogen) atoms. The molecule has 0 saturated carbocycles. The summed E-state index contributed by atoms with van der Waals surface area (Å²) >= 11 is 0.754. The number of hydrogen-bond acceptors (Lipinski definition) is 4. The van der Waals surface area contributed by atoms with Crippen LogP contribution in [0.4, 0.5) is 26.3 Å². The van der Waals surface area contributed by atoms with Gasteiger partial charge in [0.05, 0.1) is 5.97 Å². The van der Waals surface area contributed by atoms with Crippen LogP contribution in [0, 0.1) is 0 Å². The normalized spacial score (nSPS) is 21.1. The van der Waals surface area contributed by atoms with Crippen molar-refractivity contribution in [2.45, 2.75) is 16.1 Å². The van der Waals surface area contributed by atoms with Crippen LogP contribution in [0.2, 0.25) is 0 Å². The minimum atomic E-state index is -5.10. The molecule has 0 N–H and O–H groups in total. The molecular formula is C12H4F6IO4-. The Kier molecular flexibility index (Phi) is 4.20. The van der Waals surface area contributed by atoms with Crippen molar-refractivity contribution in [3.8, 4) is 11.5 Å². The van der Waals surface area contributed by atoms with Gasteiger partial charge in [-0.2, -0.15) is 13.2 Å². The third-order valence-electron chi connectivity index (χ3n) is 2.70. The van der Waals surface area contributed by atoms with Crippen LogP contribution in [0.5, 0.6) is 11.5 Å². The lowest BCUT2D eigenvalue weighted by Gasteiger charge is -2.36. The van der Waals surface area contributed by atoms with Crippen molar-refractivity contribution in [2.75, 3.05) is 0 Å². The summed E-state index contributed by atoms with van der Waals surface area (Å²) in [5, 5.41) is 11.0. The van der Waals surface area contributed by atoms with Gasteiger partial charge in [0, 0.05) is 11.1 Å². The maximum absolute atomic E-state index is 13.1. The number of ether oxygens (including phenoxy) is 2. The zero-order valence-electron chi connectivity index (χ0n) is 10.6. The number of aliphatic carboxylic acids is 1. The Balaban J connectivity index is 2.52. The highest BCUT2D eigenvalue weighted by Gasteiger charge is 2.60. The molecule has 0 saturated heterocycles. The fourth-order valence-corrected chi connectivity index (χ4v) is 2.40. The van der Waals surface area contributed by atoms with E-state index >= 15 is 0 Å². The third-order valence-corrected chi connectivity index (χ3v) is 4.11. The van der Waals surface area contributed by atoms with E-state index in [1.54, 1.807) is 0 Å². The molecule has 1 unspecified atom stereocenters. The lowest BCUT2D eigenvalue weighted by molar-refractivity contribution is -0.303. The molecule has 0 aliphatic carbocycles. The predicted octanol–water partition coefficient (Wildman–Crippen LogP) is 2.80. The van der Waals surface area contributed by atoms with Crippen molar-refractivity contribution in [1.29, 1.82) is 0 Å². The number of carbonyl (C=O) groups is 1. The Morgan fingerprint density at radius 2 is 1.83 bits per heavy atom. The summed E-state index contributed by atoms with van der Waals surface area (Å²) in [5.41, 5.74) is -1.59. The van der Waals surface area contributed by atoms with Crippen LogP contribution in [0.25, 0.3) is 6.08 Å². The Morgan fingerprint density at radius 3 is 2.30 bits per heavy atom. The zero-order valence-corrected chi connectivity index (χ0v) is 12.7. The largest absolute Gasteiger partial charge is 0.573 e. The van der Waals surface area contributed by atoms with Gasteiger partial charge in [0.1, 0.15) is 11.5 Å². The molecule has 1 aliphatic rings. The van der Waals surface area contributed by atoms with Crippen molar-refractivity contribution in [1.82, 2.24) is 0 Å². The second kappa shape index (κ2) is 5.46. The minimum absolute atomic E-state index is 0.317. The number of alkyl halides is 7. The number of carboxylic acid groups (broad SMARTS) is 1. The second-order valence-electron chi connectivity index (χ2n) is 4.29.